The average Bonchev–Trinajstić information content (AvgIpc) is 2.74. The van der Waals surface area contributed by atoms with E-state index in [0.717, 1.165) is 10.6 Å². The van der Waals surface area contributed by atoms with Crippen molar-refractivity contribution in [2.24, 2.45) is 0 Å². The van der Waals surface area contributed by atoms with Crippen LogP contribution in [0.5, 0.6) is 0 Å². The molecule has 1 N–H and O–H groups in total. The van der Waals surface area contributed by atoms with Crippen molar-refractivity contribution in [1.29, 1.82) is 0 Å². The molecule has 5 heteroatoms. The minimum atomic E-state index is -0.120. The number of hydrogen-bond donors (Lipinski definition) is 1. The summed E-state index contributed by atoms with van der Waals surface area (Å²) in [5.74, 6) is 0.114. The summed E-state index contributed by atoms with van der Waals surface area (Å²) in [6.45, 7) is 8.75. The molecular formula is C16H19ClN2OS. The van der Waals surface area contributed by atoms with E-state index in [0.29, 0.717) is 17.3 Å². The Morgan fingerprint density at radius 1 is 1.33 bits per heavy atom. The maximum absolute atomic E-state index is 12.2. The fourth-order valence-electron chi connectivity index (χ4n) is 1.95. The standard InChI is InChI=1S/C16H19ClN2OS/c1-9(2)14-6-12(7-15(17)19-14)16(20)18-8-13-5-10(3)11(4)21-13/h5-7,9H,8H2,1-4H3,(H,18,20). The topological polar surface area (TPSA) is 42.0 Å². The molecule has 0 aliphatic carbocycles. The summed E-state index contributed by atoms with van der Waals surface area (Å²) < 4.78 is 0. The summed E-state index contributed by atoms with van der Waals surface area (Å²) in [5, 5.41) is 3.29. The quantitative estimate of drug-likeness (QED) is 0.844. The molecule has 0 bridgehead atoms. The zero-order valence-corrected chi connectivity index (χ0v) is 14.2. The monoisotopic (exact) mass is 322 g/mol. The summed E-state index contributed by atoms with van der Waals surface area (Å²) >= 11 is 7.70. The molecule has 2 aromatic rings. The van der Waals surface area contributed by atoms with Gasteiger partial charge in [0.05, 0.1) is 6.54 Å². The van der Waals surface area contributed by atoms with Crippen LogP contribution in [-0.4, -0.2) is 10.9 Å². The Morgan fingerprint density at radius 2 is 2.05 bits per heavy atom. The van der Waals surface area contributed by atoms with Crippen LogP contribution in [-0.2, 0) is 6.54 Å². The van der Waals surface area contributed by atoms with E-state index < -0.39 is 0 Å². The third-order valence-electron chi connectivity index (χ3n) is 3.31. The first kappa shape index (κ1) is 16.0. The number of nitrogens with one attached hydrogen (secondary N) is 1. The molecular weight excluding hydrogens is 304 g/mol. The molecule has 2 heterocycles. The molecule has 0 aliphatic heterocycles. The number of amides is 1. The molecule has 0 spiro atoms. The smallest absolute Gasteiger partial charge is 0.251 e. The van der Waals surface area contributed by atoms with E-state index in [1.54, 1.807) is 23.5 Å². The van der Waals surface area contributed by atoms with Gasteiger partial charge in [0.15, 0.2) is 0 Å². The van der Waals surface area contributed by atoms with Crippen LogP contribution in [0.15, 0.2) is 18.2 Å². The Bertz CT molecular complexity index is 645. The second-order valence-electron chi connectivity index (χ2n) is 5.39. The van der Waals surface area contributed by atoms with Crippen molar-refractivity contribution < 1.29 is 4.79 Å². The largest absolute Gasteiger partial charge is 0.347 e. The normalized spacial score (nSPS) is 11.0. The zero-order valence-electron chi connectivity index (χ0n) is 12.7. The molecule has 0 unspecified atom stereocenters. The molecule has 21 heavy (non-hydrogen) atoms. The van der Waals surface area contributed by atoms with Crippen molar-refractivity contribution in [2.75, 3.05) is 0 Å². The maximum atomic E-state index is 12.2. The maximum Gasteiger partial charge on any atom is 0.251 e. The fraction of sp³-hybridized carbons (Fsp3) is 0.375. The fourth-order valence-corrected chi connectivity index (χ4v) is 3.16. The summed E-state index contributed by atoms with van der Waals surface area (Å²) in [4.78, 5) is 18.9. The molecule has 0 fully saturated rings. The van der Waals surface area contributed by atoms with Crippen molar-refractivity contribution in [3.05, 3.63) is 49.9 Å². The number of aryl methyl sites for hydroxylation is 2. The first-order valence-electron chi connectivity index (χ1n) is 6.88. The summed E-state index contributed by atoms with van der Waals surface area (Å²) in [7, 11) is 0. The Hall–Kier alpha value is -1.39. The molecule has 0 aliphatic rings. The molecule has 112 valence electrons. The molecule has 2 rings (SSSR count). The molecule has 1 amide bonds. The lowest BCUT2D eigenvalue weighted by molar-refractivity contribution is 0.0951. The summed E-state index contributed by atoms with van der Waals surface area (Å²) in [6, 6.07) is 5.52. The number of hydrogen-bond acceptors (Lipinski definition) is 3. The van der Waals surface area contributed by atoms with Crippen LogP contribution >= 0.6 is 22.9 Å². The second kappa shape index (κ2) is 6.58. The van der Waals surface area contributed by atoms with Crippen LogP contribution in [0.4, 0.5) is 0 Å². The SMILES string of the molecule is Cc1cc(CNC(=O)c2cc(Cl)nc(C(C)C)c2)sc1C. The molecule has 3 nitrogen and oxygen atoms in total. The number of carbonyl (C=O) groups excluding carboxylic acids is 1. The van der Waals surface area contributed by atoms with Gasteiger partial charge in [0.25, 0.3) is 5.91 Å². The van der Waals surface area contributed by atoms with Gasteiger partial charge in [-0.25, -0.2) is 4.98 Å². The Balaban J connectivity index is 2.09. The van der Waals surface area contributed by atoms with E-state index in [1.165, 1.54) is 10.4 Å². The van der Waals surface area contributed by atoms with Crippen LogP contribution in [0.2, 0.25) is 5.15 Å². The molecule has 0 saturated heterocycles. The first-order valence-corrected chi connectivity index (χ1v) is 8.08. The van der Waals surface area contributed by atoms with E-state index in [4.69, 9.17) is 11.6 Å². The highest BCUT2D eigenvalue weighted by Crippen LogP contribution is 2.21. The number of halogens is 1. The molecule has 2 aromatic heterocycles. The molecule has 0 saturated carbocycles. The third-order valence-corrected chi connectivity index (χ3v) is 4.65. The predicted molar refractivity (Wildman–Crippen MR) is 88.3 cm³/mol. The predicted octanol–water partition coefficient (Wildman–Crippen LogP) is 4.47. The van der Waals surface area contributed by atoms with Crippen LogP contribution < -0.4 is 5.32 Å². The van der Waals surface area contributed by atoms with Gasteiger partial charge in [-0.15, -0.1) is 11.3 Å². The average molecular weight is 323 g/mol. The van der Waals surface area contributed by atoms with Crippen molar-refractivity contribution in [3.8, 4) is 0 Å². The molecule has 0 atom stereocenters. The number of aromatic nitrogens is 1. The number of pyridine rings is 1. The van der Waals surface area contributed by atoms with Crippen molar-refractivity contribution in [3.63, 3.8) is 0 Å². The van der Waals surface area contributed by atoms with Gasteiger partial charge in [0.2, 0.25) is 0 Å². The lowest BCUT2D eigenvalue weighted by Gasteiger charge is -2.09. The Labute approximate surface area is 134 Å². The Kier molecular flexibility index (Phi) is 5.01. The van der Waals surface area contributed by atoms with E-state index in [-0.39, 0.29) is 11.8 Å². The van der Waals surface area contributed by atoms with Gasteiger partial charge < -0.3 is 5.32 Å². The zero-order chi connectivity index (χ0) is 15.6. The number of rotatable bonds is 4. The highest BCUT2D eigenvalue weighted by Gasteiger charge is 2.11. The highest BCUT2D eigenvalue weighted by atomic mass is 35.5. The molecule has 0 aromatic carbocycles. The van der Waals surface area contributed by atoms with Crippen LogP contribution in [0.1, 0.15) is 51.1 Å². The minimum Gasteiger partial charge on any atom is -0.347 e. The summed E-state index contributed by atoms with van der Waals surface area (Å²) in [5.41, 5.74) is 2.65. The number of nitrogens with zero attached hydrogens (tertiary/aromatic N) is 1. The van der Waals surface area contributed by atoms with E-state index in [1.807, 2.05) is 13.8 Å². The van der Waals surface area contributed by atoms with Crippen LogP contribution in [0.25, 0.3) is 0 Å². The first-order chi connectivity index (χ1) is 9.86. The van der Waals surface area contributed by atoms with E-state index in [9.17, 15) is 4.79 Å². The van der Waals surface area contributed by atoms with Gasteiger partial charge in [-0.1, -0.05) is 25.4 Å². The number of carbonyl (C=O) groups is 1. The van der Waals surface area contributed by atoms with Gasteiger partial charge in [-0.05, 0) is 43.5 Å². The van der Waals surface area contributed by atoms with Crippen LogP contribution in [0, 0.1) is 13.8 Å². The lowest BCUT2D eigenvalue weighted by Crippen LogP contribution is -2.22. The number of thiophene rings is 1. The van der Waals surface area contributed by atoms with Gasteiger partial charge in [-0.2, -0.15) is 0 Å². The van der Waals surface area contributed by atoms with E-state index in [2.05, 4.69) is 30.2 Å². The van der Waals surface area contributed by atoms with Crippen molar-refractivity contribution in [2.45, 2.75) is 40.2 Å². The van der Waals surface area contributed by atoms with Gasteiger partial charge in [0, 0.05) is 21.0 Å². The second-order valence-corrected chi connectivity index (χ2v) is 7.12. The van der Waals surface area contributed by atoms with Gasteiger partial charge >= 0.3 is 0 Å². The van der Waals surface area contributed by atoms with Crippen molar-refractivity contribution in [1.82, 2.24) is 10.3 Å². The summed E-state index contributed by atoms with van der Waals surface area (Å²) in [6.07, 6.45) is 0. The minimum absolute atomic E-state index is 0.120. The van der Waals surface area contributed by atoms with Gasteiger partial charge in [0.1, 0.15) is 5.15 Å². The third kappa shape index (κ3) is 4.05. The van der Waals surface area contributed by atoms with Gasteiger partial charge in [-0.3, -0.25) is 4.79 Å². The Morgan fingerprint density at radius 3 is 2.62 bits per heavy atom. The lowest BCUT2D eigenvalue weighted by atomic mass is 10.1. The molecule has 0 radical (unpaired) electrons. The highest BCUT2D eigenvalue weighted by molar-refractivity contribution is 7.12. The van der Waals surface area contributed by atoms with E-state index >= 15 is 0 Å². The van der Waals surface area contributed by atoms with Crippen LogP contribution in [0.3, 0.4) is 0 Å². The van der Waals surface area contributed by atoms with Crippen molar-refractivity contribution >= 4 is 28.8 Å².